The summed E-state index contributed by atoms with van der Waals surface area (Å²) in [6.45, 7) is -0.272. The van der Waals surface area contributed by atoms with Crippen molar-refractivity contribution in [1.29, 1.82) is 5.26 Å². The van der Waals surface area contributed by atoms with Gasteiger partial charge >= 0.3 is 5.69 Å². The van der Waals surface area contributed by atoms with Gasteiger partial charge in [-0.15, -0.1) is 0 Å². The molecule has 0 aromatic carbocycles. The molecule has 1 amide bonds. The smallest absolute Gasteiger partial charge is 0.332 e. The van der Waals surface area contributed by atoms with E-state index in [4.69, 9.17) is 5.26 Å². The second-order valence-electron chi connectivity index (χ2n) is 3.54. The molecule has 0 aliphatic rings. The molecule has 1 aromatic rings. The van der Waals surface area contributed by atoms with Crippen LogP contribution in [0.3, 0.4) is 0 Å². The van der Waals surface area contributed by atoms with Crippen LogP contribution >= 0.6 is 0 Å². The summed E-state index contributed by atoms with van der Waals surface area (Å²) < 4.78 is 2.08. The Labute approximate surface area is 103 Å². The van der Waals surface area contributed by atoms with E-state index in [2.05, 4.69) is 5.32 Å². The van der Waals surface area contributed by atoms with Crippen molar-refractivity contribution in [3.05, 3.63) is 20.8 Å². The summed E-state index contributed by atoms with van der Waals surface area (Å²) in [5, 5.41) is 11.3. The summed E-state index contributed by atoms with van der Waals surface area (Å²) in [6, 6.07) is 1.78. The van der Waals surface area contributed by atoms with Crippen molar-refractivity contribution >= 4 is 17.9 Å². The highest BCUT2D eigenvalue weighted by Crippen LogP contribution is 2.17. The average molecular weight is 251 g/mol. The minimum absolute atomic E-state index is 0.0290. The first-order valence-corrected chi connectivity index (χ1v) is 5.06. The van der Waals surface area contributed by atoms with Crippen LogP contribution in [0.2, 0.25) is 0 Å². The summed E-state index contributed by atoms with van der Waals surface area (Å²) in [5.41, 5.74) is -1.18. The van der Waals surface area contributed by atoms with Crippen LogP contribution in [0.1, 0.15) is 0 Å². The van der Waals surface area contributed by atoms with E-state index in [1.807, 2.05) is 0 Å². The van der Waals surface area contributed by atoms with Gasteiger partial charge in [-0.25, -0.2) is 4.79 Å². The number of nitrogens with one attached hydrogen (secondary N) is 1. The lowest BCUT2D eigenvalue weighted by atomic mass is 10.4. The van der Waals surface area contributed by atoms with Gasteiger partial charge in [0.25, 0.3) is 5.56 Å². The highest BCUT2D eigenvalue weighted by atomic mass is 16.2. The molecule has 0 fully saturated rings. The highest BCUT2D eigenvalue weighted by molar-refractivity contribution is 5.81. The van der Waals surface area contributed by atoms with E-state index in [-0.39, 0.29) is 18.1 Å². The maximum Gasteiger partial charge on any atom is 0.332 e. The zero-order valence-electron chi connectivity index (χ0n) is 10.3. The topological polar surface area (TPSA) is 100 Å². The third-order valence-electron chi connectivity index (χ3n) is 2.53. The first-order chi connectivity index (χ1) is 8.49. The quantitative estimate of drug-likeness (QED) is 0.524. The fourth-order valence-corrected chi connectivity index (χ4v) is 1.62. The molecule has 8 nitrogen and oxygen atoms in total. The molecular weight excluding hydrogens is 238 g/mol. The van der Waals surface area contributed by atoms with E-state index in [0.29, 0.717) is 6.41 Å². The maximum absolute atomic E-state index is 12.0. The van der Waals surface area contributed by atoms with E-state index in [0.717, 1.165) is 9.47 Å². The van der Waals surface area contributed by atoms with Crippen LogP contribution in [0.25, 0.3) is 0 Å². The van der Waals surface area contributed by atoms with E-state index >= 15 is 0 Å². The van der Waals surface area contributed by atoms with Crippen molar-refractivity contribution in [2.45, 2.75) is 0 Å². The van der Waals surface area contributed by atoms with E-state index in [1.165, 1.54) is 25.7 Å². The van der Waals surface area contributed by atoms with Crippen LogP contribution in [-0.4, -0.2) is 29.1 Å². The maximum atomic E-state index is 12.0. The van der Waals surface area contributed by atoms with Crippen molar-refractivity contribution in [1.82, 2.24) is 9.13 Å². The van der Waals surface area contributed by atoms with Gasteiger partial charge in [0.05, 0.1) is 6.07 Å². The number of nitrogens with zero attached hydrogens (tertiary/aromatic N) is 4. The molecule has 18 heavy (non-hydrogen) atoms. The van der Waals surface area contributed by atoms with Crippen molar-refractivity contribution in [2.75, 3.05) is 23.8 Å². The van der Waals surface area contributed by atoms with E-state index in [1.54, 1.807) is 6.07 Å². The fourth-order valence-electron chi connectivity index (χ4n) is 1.62. The van der Waals surface area contributed by atoms with Gasteiger partial charge in [0.1, 0.15) is 12.4 Å². The molecule has 1 N–H and O–H groups in total. The van der Waals surface area contributed by atoms with Crippen LogP contribution < -0.4 is 21.5 Å². The molecule has 0 aliphatic heterocycles. The zero-order chi connectivity index (χ0) is 13.9. The molecule has 1 rings (SSSR count). The standard InChI is InChI=1S/C10H13N5O3/c1-12-8-7(15(6-16)5-4-11)9(17)14(3)10(18)13(8)2/h6,12H,5H2,1-3H3. The minimum atomic E-state index is -0.634. The number of nitriles is 1. The molecule has 0 unspecified atom stereocenters. The van der Waals surface area contributed by atoms with Crippen LogP contribution in [0, 0.1) is 11.3 Å². The lowest BCUT2D eigenvalue weighted by molar-refractivity contribution is -0.107. The van der Waals surface area contributed by atoms with Crippen molar-refractivity contribution in [3.8, 4) is 6.07 Å². The molecule has 0 saturated carbocycles. The fraction of sp³-hybridized carbons (Fsp3) is 0.400. The Morgan fingerprint density at radius 2 is 2.00 bits per heavy atom. The van der Waals surface area contributed by atoms with Crippen LogP contribution in [0.15, 0.2) is 9.59 Å². The van der Waals surface area contributed by atoms with Gasteiger partial charge in [-0.05, 0) is 0 Å². The van der Waals surface area contributed by atoms with Crippen LogP contribution in [0.5, 0.6) is 0 Å². The summed E-state index contributed by atoms with van der Waals surface area (Å²) in [5.74, 6) is 0.186. The number of carbonyl (C=O) groups is 1. The van der Waals surface area contributed by atoms with Crippen molar-refractivity contribution in [3.63, 3.8) is 0 Å². The van der Waals surface area contributed by atoms with Crippen molar-refractivity contribution < 1.29 is 4.79 Å². The minimum Gasteiger partial charge on any atom is -0.373 e. The van der Waals surface area contributed by atoms with E-state index in [9.17, 15) is 14.4 Å². The third kappa shape index (κ3) is 1.98. The molecule has 0 radical (unpaired) electrons. The highest BCUT2D eigenvalue weighted by Gasteiger charge is 2.19. The van der Waals surface area contributed by atoms with E-state index < -0.39 is 11.2 Å². The number of hydrogen-bond acceptors (Lipinski definition) is 5. The Morgan fingerprint density at radius 3 is 2.44 bits per heavy atom. The molecule has 0 spiro atoms. The Morgan fingerprint density at radius 1 is 1.39 bits per heavy atom. The largest absolute Gasteiger partial charge is 0.373 e. The monoisotopic (exact) mass is 251 g/mol. The number of aromatic nitrogens is 2. The lowest BCUT2D eigenvalue weighted by Crippen LogP contribution is -2.42. The van der Waals surface area contributed by atoms with Crippen LogP contribution in [-0.2, 0) is 18.9 Å². The predicted molar refractivity (Wildman–Crippen MR) is 65.5 cm³/mol. The predicted octanol–water partition coefficient (Wildman–Crippen LogP) is -1.39. The molecule has 0 atom stereocenters. The number of anilines is 2. The number of rotatable bonds is 4. The van der Waals surface area contributed by atoms with Gasteiger partial charge < -0.3 is 5.32 Å². The third-order valence-corrected chi connectivity index (χ3v) is 2.53. The average Bonchev–Trinajstić information content (AvgIpc) is 2.38. The second kappa shape index (κ2) is 5.18. The van der Waals surface area contributed by atoms with Gasteiger partial charge in [0, 0.05) is 21.1 Å². The Balaban J connectivity index is 3.72. The van der Waals surface area contributed by atoms with Gasteiger partial charge in [0.15, 0.2) is 5.69 Å². The summed E-state index contributed by atoms with van der Waals surface area (Å²) in [7, 11) is 4.29. The first kappa shape index (κ1) is 13.5. The summed E-state index contributed by atoms with van der Waals surface area (Å²) in [6.07, 6.45) is 0.380. The molecular formula is C10H13N5O3. The second-order valence-corrected chi connectivity index (χ2v) is 3.54. The van der Waals surface area contributed by atoms with Gasteiger partial charge in [0.2, 0.25) is 6.41 Å². The Bertz CT molecular complexity index is 622. The molecule has 0 aliphatic carbocycles. The molecule has 0 bridgehead atoms. The molecule has 1 aromatic heterocycles. The molecule has 1 heterocycles. The zero-order valence-corrected chi connectivity index (χ0v) is 10.3. The molecule has 0 saturated heterocycles. The SMILES string of the molecule is CNc1c(N(C=O)CC#N)c(=O)n(C)c(=O)n1C. The lowest BCUT2D eigenvalue weighted by Gasteiger charge is -2.19. The molecule has 96 valence electrons. The number of carbonyl (C=O) groups excluding carboxylic acids is 1. The first-order valence-electron chi connectivity index (χ1n) is 5.06. The summed E-state index contributed by atoms with van der Waals surface area (Å²) in [4.78, 5) is 35.6. The van der Waals surface area contributed by atoms with Gasteiger partial charge in [-0.2, -0.15) is 5.26 Å². The van der Waals surface area contributed by atoms with Gasteiger partial charge in [-0.1, -0.05) is 0 Å². The van der Waals surface area contributed by atoms with Crippen molar-refractivity contribution in [2.24, 2.45) is 14.1 Å². The van der Waals surface area contributed by atoms with Gasteiger partial charge in [-0.3, -0.25) is 23.6 Å². The number of amides is 1. The normalized spacial score (nSPS) is 9.67. The summed E-state index contributed by atoms with van der Waals surface area (Å²) >= 11 is 0. The van der Waals surface area contributed by atoms with Crippen LogP contribution in [0.4, 0.5) is 11.5 Å². The Hall–Kier alpha value is -2.56. The Kier molecular flexibility index (Phi) is 3.89. The number of hydrogen-bond donors (Lipinski definition) is 1. The molecule has 8 heteroatoms.